The van der Waals surface area contributed by atoms with Gasteiger partial charge in [0, 0.05) is 16.0 Å². The number of aryl methyl sites for hydroxylation is 1. The van der Waals surface area contributed by atoms with E-state index < -0.39 is 23.4 Å². The Bertz CT molecular complexity index is 911. The molecule has 0 aliphatic heterocycles. The predicted octanol–water partition coefficient (Wildman–Crippen LogP) is 4.23. The van der Waals surface area contributed by atoms with Crippen LogP contribution >= 0.6 is 22.9 Å². The van der Waals surface area contributed by atoms with Crippen molar-refractivity contribution in [2.75, 3.05) is 11.9 Å². The molecule has 1 aromatic heterocycles. The first-order chi connectivity index (χ1) is 12.8. The van der Waals surface area contributed by atoms with E-state index >= 15 is 0 Å². The number of amides is 1. The first-order valence-electron chi connectivity index (χ1n) is 8.36. The van der Waals surface area contributed by atoms with Gasteiger partial charge in [0.05, 0.1) is 4.92 Å². The summed E-state index contributed by atoms with van der Waals surface area (Å²) in [5.74, 6) is -0.636. The number of nitro benzene ring substituents is 1. The lowest BCUT2D eigenvalue weighted by Crippen LogP contribution is -2.21. The summed E-state index contributed by atoms with van der Waals surface area (Å²) in [4.78, 5) is 36.3. The number of anilines is 1. The number of thiophene rings is 1. The topological polar surface area (TPSA) is 98.5 Å². The fraction of sp³-hybridized carbons (Fsp3) is 0.333. The Morgan fingerprint density at radius 1 is 1.41 bits per heavy atom. The Morgan fingerprint density at radius 3 is 2.93 bits per heavy atom. The van der Waals surface area contributed by atoms with Crippen LogP contribution in [0, 0.1) is 16.0 Å². The molecule has 3 rings (SSSR count). The molecule has 142 valence electrons. The normalized spacial score (nSPS) is 15.7. The number of nitrogens with zero attached hydrogens (tertiary/aromatic N) is 1. The van der Waals surface area contributed by atoms with Crippen LogP contribution in [0.3, 0.4) is 0 Å². The van der Waals surface area contributed by atoms with Crippen molar-refractivity contribution in [2.45, 2.75) is 26.2 Å². The SMILES string of the molecule is C[C@H]1CCc2sc(C(=O)OCC(=O)Nc3ccc(Cl)cc3[N+](=O)[O-])cc2C1. The number of ether oxygens (including phenoxy) is 1. The van der Waals surface area contributed by atoms with Crippen molar-refractivity contribution in [2.24, 2.45) is 5.92 Å². The molecule has 0 bridgehead atoms. The van der Waals surface area contributed by atoms with Gasteiger partial charge in [0.25, 0.3) is 11.6 Å². The van der Waals surface area contributed by atoms with E-state index in [2.05, 4.69) is 12.2 Å². The number of benzene rings is 1. The Hall–Kier alpha value is -2.45. The van der Waals surface area contributed by atoms with Crippen LogP contribution in [0.4, 0.5) is 11.4 Å². The van der Waals surface area contributed by atoms with Gasteiger partial charge in [0.1, 0.15) is 10.6 Å². The van der Waals surface area contributed by atoms with Crippen LogP contribution in [0.1, 0.15) is 33.5 Å². The predicted molar refractivity (Wildman–Crippen MR) is 103 cm³/mol. The monoisotopic (exact) mass is 408 g/mol. The zero-order chi connectivity index (χ0) is 19.6. The minimum absolute atomic E-state index is 0.00831. The number of carbonyl (C=O) groups excluding carboxylic acids is 2. The first-order valence-corrected chi connectivity index (χ1v) is 9.55. The highest BCUT2D eigenvalue weighted by Crippen LogP contribution is 2.32. The van der Waals surface area contributed by atoms with Crippen LogP contribution in [-0.2, 0) is 22.4 Å². The van der Waals surface area contributed by atoms with Crippen molar-refractivity contribution < 1.29 is 19.2 Å². The maximum atomic E-state index is 12.2. The van der Waals surface area contributed by atoms with Crippen LogP contribution in [-0.4, -0.2) is 23.4 Å². The van der Waals surface area contributed by atoms with Gasteiger partial charge in [-0.1, -0.05) is 18.5 Å². The molecule has 1 atom stereocenters. The number of carbonyl (C=O) groups is 2. The Kier molecular flexibility index (Phi) is 5.76. The van der Waals surface area contributed by atoms with E-state index in [0.717, 1.165) is 25.3 Å². The molecular weight excluding hydrogens is 392 g/mol. The average Bonchev–Trinajstić information content (AvgIpc) is 3.04. The molecule has 9 heteroatoms. The molecule has 7 nitrogen and oxygen atoms in total. The highest BCUT2D eigenvalue weighted by atomic mass is 35.5. The van der Waals surface area contributed by atoms with Crippen LogP contribution in [0.2, 0.25) is 5.02 Å². The lowest BCUT2D eigenvalue weighted by atomic mass is 9.90. The van der Waals surface area contributed by atoms with Gasteiger partial charge in [-0.05, 0) is 48.9 Å². The molecule has 1 heterocycles. The summed E-state index contributed by atoms with van der Waals surface area (Å²) in [6, 6.07) is 5.72. The molecule has 0 saturated heterocycles. The van der Waals surface area contributed by atoms with Gasteiger partial charge in [-0.15, -0.1) is 11.3 Å². The third-order valence-corrected chi connectivity index (χ3v) is 5.75. The minimum Gasteiger partial charge on any atom is -0.451 e. The van der Waals surface area contributed by atoms with Gasteiger partial charge >= 0.3 is 5.97 Å². The fourth-order valence-electron chi connectivity index (χ4n) is 2.96. The summed E-state index contributed by atoms with van der Waals surface area (Å²) >= 11 is 7.13. The quantitative estimate of drug-likeness (QED) is 0.453. The summed E-state index contributed by atoms with van der Waals surface area (Å²) < 4.78 is 5.05. The van der Waals surface area contributed by atoms with Crippen molar-refractivity contribution in [1.29, 1.82) is 0 Å². The van der Waals surface area contributed by atoms with Gasteiger partial charge in [0.15, 0.2) is 6.61 Å². The number of rotatable bonds is 5. The van der Waals surface area contributed by atoms with E-state index in [9.17, 15) is 19.7 Å². The van der Waals surface area contributed by atoms with E-state index in [1.54, 1.807) is 0 Å². The van der Waals surface area contributed by atoms with E-state index in [1.807, 2.05) is 6.07 Å². The minimum atomic E-state index is -0.663. The summed E-state index contributed by atoms with van der Waals surface area (Å²) in [5.41, 5.74) is 0.834. The maximum absolute atomic E-state index is 12.2. The molecule has 0 fully saturated rings. The highest BCUT2D eigenvalue weighted by molar-refractivity contribution is 7.14. The van der Waals surface area contributed by atoms with Crippen LogP contribution in [0.25, 0.3) is 0 Å². The number of hydrogen-bond acceptors (Lipinski definition) is 6. The summed E-state index contributed by atoms with van der Waals surface area (Å²) in [5, 5.41) is 13.6. The molecule has 27 heavy (non-hydrogen) atoms. The number of halogens is 1. The maximum Gasteiger partial charge on any atom is 0.348 e. The molecule has 0 spiro atoms. The molecule has 2 aromatic rings. The molecule has 0 radical (unpaired) electrons. The molecule has 1 aliphatic rings. The summed E-state index contributed by atoms with van der Waals surface area (Å²) in [7, 11) is 0. The highest BCUT2D eigenvalue weighted by Gasteiger charge is 2.22. The van der Waals surface area contributed by atoms with Gasteiger partial charge in [-0.3, -0.25) is 14.9 Å². The molecule has 1 aliphatic carbocycles. The number of nitro groups is 1. The molecule has 0 unspecified atom stereocenters. The van der Waals surface area contributed by atoms with E-state index in [1.165, 1.54) is 33.9 Å². The Labute approximate surface area is 164 Å². The lowest BCUT2D eigenvalue weighted by molar-refractivity contribution is -0.383. The van der Waals surface area contributed by atoms with Crippen molar-refractivity contribution in [3.63, 3.8) is 0 Å². The molecule has 1 amide bonds. The molecule has 0 saturated carbocycles. The van der Waals surface area contributed by atoms with Gasteiger partial charge in [0.2, 0.25) is 0 Å². The van der Waals surface area contributed by atoms with Gasteiger partial charge in [-0.2, -0.15) is 0 Å². The lowest BCUT2D eigenvalue weighted by Gasteiger charge is -2.16. The third-order valence-electron chi connectivity index (χ3n) is 4.30. The first kappa shape index (κ1) is 19.3. The van der Waals surface area contributed by atoms with E-state index in [4.69, 9.17) is 16.3 Å². The summed E-state index contributed by atoms with van der Waals surface area (Å²) in [6.07, 6.45) is 3.00. The molecule has 1 N–H and O–H groups in total. The van der Waals surface area contributed by atoms with Gasteiger partial charge < -0.3 is 10.1 Å². The van der Waals surface area contributed by atoms with Crippen molar-refractivity contribution in [1.82, 2.24) is 0 Å². The molecular formula is C18H17ClN2O5S. The second-order valence-electron chi connectivity index (χ2n) is 6.45. The van der Waals surface area contributed by atoms with Crippen LogP contribution in [0.5, 0.6) is 0 Å². The third kappa shape index (κ3) is 4.64. The number of nitrogens with one attached hydrogen (secondary N) is 1. The van der Waals surface area contributed by atoms with E-state index in [-0.39, 0.29) is 16.4 Å². The Balaban J connectivity index is 1.60. The largest absolute Gasteiger partial charge is 0.451 e. The zero-order valence-corrected chi connectivity index (χ0v) is 16.1. The smallest absolute Gasteiger partial charge is 0.348 e. The van der Waals surface area contributed by atoms with Crippen molar-refractivity contribution in [3.05, 3.63) is 54.7 Å². The zero-order valence-electron chi connectivity index (χ0n) is 14.5. The van der Waals surface area contributed by atoms with Crippen molar-refractivity contribution in [3.8, 4) is 0 Å². The second kappa shape index (κ2) is 8.06. The van der Waals surface area contributed by atoms with Crippen molar-refractivity contribution >= 4 is 46.2 Å². The summed E-state index contributed by atoms with van der Waals surface area (Å²) in [6.45, 7) is 1.65. The fourth-order valence-corrected chi connectivity index (χ4v) is 4.22. The number of esters is 1. The van der Waals surface area contributed by atoms with E-state index in [0.29, 0.717) is 10.8 Å². The standard InChI is InChI=1S/C18H17ClN2O5S/c1-10-2-5-15-11(6-10)7-16(27-15)18(23)26-9-17(22)20-13-4-3-12(19)8-14(13)21(24)25/h3-4,7-8,10H,2,5-6,9H2,1H3,(H,20,22)/t10-/m0/s1. The van der Waals surface area contributed by atoms with Gasteiger partial charge in [-0.25, -0.2) is 4.79 Å². The van der Waals surface area contributed by atoms with Crippen LogP contribution < -0.4 is 5.32 Å². The average molecular weight is 409 g/mol. The van der Waals surface area contributed by atoms with Crippen LogP contribution in [0.15, 0.2) is 24.3 Å². The number of hydrogen-bond donors (Lipinski definition) is 1. The number of fused-ring (bicyclic) bond motifs is 1. The molecule has 1 aromatic carbocycles. The Morgan fingerprint density at radius 2 is 2.19 bits per heavy atom. The second-order valence-corrected chi connectivity index (χ2v) is 8.02.